The van der Waals surface area contributed by atoms with Crippen LogP contribution in [0.1, 0.15) is 32.6 Å². The molecule has 1 aliphatic rings. The molecule has 0 bridgehead atoms. The lowest BCUT2D eigenvalue weighted by atomic mass is 9.75. The second kappa shape index (κ2) is 4.26. The van der Waals surface area contributed by atoms with Crippen molar-refractivity contribution in [3.05, 3.63) is 16.0 Å². The Morgan fingerprint density at radius 1 is 1.53 bits per heavy atom. The van der Waals surface area contributed by atoms with Gasteiger partial charge in [-0.2, -0.15) is 0 Å². The molecule has 0 unspecified atom stereocenters. The van der Waals surface area contributed by atoms with Crippen molar-refractivity contribution in [2.75, 3.05) is 5.32 Å². The summed E-state index contributed by atoms with van der Waals surface area (Å²) in [6.07, 6.45) is 6.30. The summed E-state index contributed by atoms with van der Waals surface area (Å²) in [5.41, 5.74) is 0.222. The number of aromatic nitrogens is 2. The van der Waals surface area contributed by atoms with Gasteiger partial charge in [-0.3, -0.25) is 0 Å². The van der Waals surface area contributed by atoms with Crippen LogP contribution in [0, 0.1) is 0 Å². The van der Waals surface area contributed by atoms with E-state index in [0.29, 0.717) is 5.15 Å². The minimum atomic E-state index is 0.222. The van der Waals surface area contributed by atoms with Crippen molar-refractivity contribution < 1.29 is 0 Å². The lowest BCUT2D eigenvalue weighted by Gasteiger charge is -2.42. The van der Waals surface area contributed by atoms with Crippen molar-refractivity contribution in [2.45, 2.75) is 38.1 Å². The molecule has 1 fully saturated rings. The summed E-state index contributed by atoms with van der Waals surface area (Å²) in [7, 11) is 0. The number of hydrogen-bond acceptors (Lipinski definition) is 3. The van der Waals surface area contributed by atoms with Crippen molar-refractivity contribution >= 4 is 33.3 Å². The van der Waals surface area contributed by atoms with Crippen molar-refractivity contribution in [3.63, 3.8) is 0 Å². The van der Waals surface area contributed by atoms with E-state index in [1.54, 1.807) is 0 Å². The average molecular weight is 291 g/mol. The minimum Gasteiger partial charge on any atom is -0.364 e. The zero-order chi connectivity index (χ0) is 10.9. The largest absolute Gasteiger partial charge is 0.364 e. The SMILES string of the molecule is CCC1(Nc2ncnc(Cl)c2Br)CCC1. The summed E-state index contributed by atoms with van der Waals surface area (Å²) < 4.78 is 0.756. The maximum Gasteiger partial charge on any atom is 0.148 e. The Hall–Kier alpha value is -0.350. The van der Waals surface area contributed by atoms with Crippen LogP contribution in [0.2, 0.25) is 5.15 Å². The molecule has 0 spiro atoms. The van der Waals surface area contributed by atoms with Crippen LogP contribution in [0.4, 0.5) is 5.82 Å². The molecule has 0 amide bonds. The third-order valence-electron chi connectivity index (χ3n) is 3.12. The number of anilines is 1. The Kier molecular flexibility index (Phi) is 3.16. The van der Waals surface area contributed by atoms with Gasteiger partial charge in [-0.15, -0.1) is 0 Å². The first-order valence-electron chi connectivity index (χ1n) is 5.11. The van der Waals surface area contributed by atoms with Gasteiger partial charge in [-0.1, -0.05) is 18.5 Å². The molecular weight excluding hydrogens is 277 g/mol. The Labute approximate surface area is 103 Å². The molecule has 0 radical (unpaired) electrons. The van der Waals surface area contributed by atoms with Gasteiger partial charge in [0.1, 0.15) is 17.3 Å². The Morgan fingerprint density at radius 3 is 2.80 bits per heavy atom. The van der Waals surface area contributed by atoms with E-state index in [1.807, 2.05) is 0 Å². The highest BCUT2D eigenvalue weighted by Crippen LogP contribution is 2.39. The highest BCUT2D eigenvalue weighted by atomic mass is 79.9. The molecule has 1 saturated carbocycles. The van der Waals surface area contributed by atoms with Gasteiger partial charge < -0.3 is 5.32 Å². The third-order valence-corrected chi connectivity index (χ3v) is 4.38. The molecule has 3 nitrogen and oxygen atoms in total. The van der Waals surface area contributed by atoms with Gasteiger partial charge in [-0.05, 0) is 41.6 Å². The second-order valence-electron chi connectivity index (χ2n) is 3.94. The Balaban J connectivity index is 2.20. The molecular formula is C10H13BrClN3. The minimum absolute atomic E-state index is 0.222. The fraction of sp³-hybridized carbons (Fsp3) is 0.600. The Bertz CT molecular complexity index is 360. The van der Waals surface area contributed by atoms with Crippen LogP contribution < -0.4 is 5.32 Å². The second-order valence-corrected chi connectivity index (χ2v) is 5.09. The van der Waals surface area contributed by atoms with Crippen LogP contribution >= 0.6 is 27.5 Å². The molecule has 1 aromatic heterocycles. The monoisotopic (exact) mass is 289 g/mol. The van der Waals surface area contributed by atoms with Crippen molar-refractivity contribution in [1.82, 2.24) is 9.97 Å². The highest BCUT2D eigenvalue weighted by Gasteiger charge is 2.35. The predicted molar refractivity (Wildman–Crippen MR) is 65.2 cm³/mol. The van der Waals surface area contributed by atoms with Crippen LogP contribution in [0.3, 0.4) is 0 Å². The quantitative estimate of drug-likeness (QED) is 0.864. The van der Waals surface area contributed by atoms with Crippen LogP contribution in [-0.2, 0) is 0 Å². The lowest BCUT2D eigenvalue weighted by molar-refractivity contribution is 0.268. The maximum atomic E-state index is 5.91. The van der Waals surface area contributed by atoms with E-state index in [1.165, 1.54) is 25.6 Å². The normalized spacial score (nSPS) is 18.3. The summed E-state index contributed by atoms with van der Waals surface area (Å²) in [6, 6.07) is 0. The molecule has 0 aromatic carbocycles. The van der Waals surface area contributed by atoms with Crippen LogP contribution in [0.5, 0.6) is 0 Å². The van der Waals surface area contributed by atoms with E-state index in [0.717, 1.165) is 16.7 Å². The van der Waals surface area contributed by atoms with Gasteiger partial charge in [-0.25, -0.2) is 9.97 Å². The lowest BCUT2D eigenvalue weighted by Crippen LogP contribution is -2.44. The maximum absolute atomic E-state index is 5.91. The summed E-state index contributed by atoms with van der Waals surface area (Å²) in [5, 5.41) is 3.92. The number of rotatable bonds is 3. The first-order chi connectivity index (χ1) is 7.17. The molecule has 1 aromatic rings. The van der Waals surface area contributed by atoms with Crippen molar-refractivity contribution in [2.24, 2.45) is 0 Å². The van der Waals surface area contributed by atoms with Gasteiger partial charge in [0, 0.05) is 5.54 Å². The zero-order valence-electron chi connectivity index (χ0n) is 8.56. The molecule has 2 rings (SSSR count). The molecule has 1 N–H and O–H groups in total. The molecule has 1 heterocycles. The standard InChI is InChI=1S/C10H13BrClN3/c1-2-10(4-3-5-10)15-9-7(11)8(12)13-6-14-9/h6H,2-5H2,1H3,(H,13,14,15). The van der Waals surface area contributed by atoms with Gasteiger partial charge in [0.15, 0.2) is 0 Å². The summed E-state index contributed by atoms with van der Waals surface area (Å²) >= 11 is 9.30. The molecule has 0 aliphatic heterocycles. The van der Waals surface area contributed by atoms with E-state index in [2.05, 4.69) is 38.1 Å². The van der Waals surface area contributed by atoms with Gasteiger partial charge in [0.2, 0.25) is 0 Å². The summed E-state index contributed by atoms with van der Waals surface area (Å²) in [6.45, 7) is 2.20. The summed E-state index contributed by atoms with van der Waals surface area (Å²) in [5.74, 6) is 0.802. The van der Waals surface area contributed by atoms with E-state index in [4.69, 9.17) is 11.6 Å². The first kappa shape index (κ1) is 11.1. The predicted octanol–water partition coefficient (Wildman–Crippen LogP) is 3.64. The molecule has 0 saturated heterocycles. The van der Waals surface area contributed by atoms with E-state index >= 15 is 0 Å². The number of nitrogens with one attached hydrogen (secondary N) is 1. The fourth-order valence-corrected chi connectivity index (χ4v) is 2.29. The number of nitrogens with zero attached hydrogens (tertiary/aromatic N) is 2. The molecule has 1 aliphatic carbocycles. The number of hydrogen-bond donors (Lipinski definition) is 1. The zero-order valence-corrected chi connectivity index (χ0v) is 10.9. The fourth-order valence-electron chi connectivity index (χ4n) is 1.86. The van der Waals surface area contributed by atoms with Crippen molar-refractivity contribution in [3.8, 4) is 0 Å². The average Bonchev–Trinajstić information content (AvgIpc) is 2.18. The van der Waals surface area contributed by atoms with Crippen LogP contribution in [0.15, 0.2) is 10.8 Å². The Morgan fingerprint density at radius 2 is 2.27 bits per heavy atom. The third kappa shape index (κ3) is 2.11. The van der Waals surface area contributed by atoms with E-state index in [9.17, 15) is 0 Å². The molecule has 5 heteroatoms. The van der Waals surface area contributed by atoms with Gasteiger partial charge >= 0.3 is 0 Å². The highest BCUT2D eigenvalue weighted by molar-refractivity contribution is 9.10. The van der Waals surface area contributed by atoms with Crippen LogP contribution in [0.25, 0.3) is 0 Å². The van der Waals surface area contributed by atoms with Crippen molar-refractivity contribution in [1.29, 1.82) is 0 Å². The molecule has 82 valence electrons. The smallest absolute Gasteiger partial charge is 0.148 e. The summed E-state index contributed by atoms with van der Waals surface area (Å²) in [4.78, 5) is 8.11. The molecule has 0 atom stereocenters. The van der Waals surface area contributed by atoms with Gasteiger partial charge in [0.05, 0.1) is 4.47 Å². The first-order valence-corrected chi connectivity index (χ1v) is 6.28. The van der Waals surface area contributed by atoms with E-state index in [-0.39, 0.29) is 5.54 Å². The number of halogens is 2. The van der Waals surface area contributed by atoms with Gasteiger partial charge in [0.25, 0.3) is 0 Å². The van der Waals surface area contributed by atoms with E-state index < -0.39 is 0 Å². The topological polar surface area (TPSA) is 37.8 Å². The molecule has 15 heavy (non-hydrogen) atoms. The van der Waals surface area contributed by atoms with Crippen LogP contribution in [-0.4, -0.2) is 15.5 Å².